The van der Waals surface area contributed by atoms with E-state index in [9.17, 15) is 19.7 Å². The topological polar surface area (TPSA) is 128 Å². The fourth-order valence-corrected chi connectivity index (χ4v) is 3.64. The smallest absolute Gasteiger partial charge is 0.287 e. The Balaban J connectivity index is 1.93. The highest BCUT2D eigenvalue weighted by Crippen LogP contribution is 2.39. The molecule has 0 bridgehead atoms. The van der Waals surface area contributed by atoms with Gasteiger partial charge in [0.1, 0.15) is 29.7 Å². The van der Waals surface area contributed by atoms with Gasteiger partial charge < -0.3 is 14.4 Å². The number of nitrogens with zero attached hydrogens (tertiary/aromatic N) is 4. The molecule has 2 heterocycles. The van der Waals surface area contributed by atoms with Crippen LogP contribution in [0, 0.1) is 21.4 Å². The number of ether oxygens (including phenoxy) is 2. The average Bonchev–Trinajstić information content (AvgIpc) is 3.24. The molecule has 156 valence electrons. The lowest BCUT2D eigenvalue weighted by Gasteiger charge is -2.27. The van der Waals surface area contributed by atoms with Gasteiger partial charge in [-0.15, -0.1) is 0 Å². The largest absolute Gasteiger partial charge is 0.497 e. The molecule has 10 nitrogen and oxygen atoms in total. The van der Waals surface area contributed by atoms with E-state index in [0.29, 0.717) is 24.5 Å². The molecule has 30 heavy (non-hydrogen) atoms. The van der Waals surface area contributed by atoms with E-state index in [1.165, 1.54) is 0 Å². The fourth-order valence-electron chi connectivity index (χ4n) is 3.64. The lowest BCUT2D eigenvalue weighted by Crippen LogP contribution is -2.36. The Morgan fingerprint density at radius 1 is 1.33 bits per heavy atom. The molecule has 1 aliphatic heterocycles. The van der Waals surface area contributed by atoms with Gasteiger partial charge in [-0.05, 0) is 31.0 Å². The van der Waals surface area contributed by atoms with Crippen LogP contribution in [0.4, 0.5) is 5.69 Å². The number of hydrogen-bond acceptors (Lipinski definition) is 7. The zero-order valence-electron chi connectivity index (χ0n) is 16.5. The third-order valence-corrected chi connectivity index (χ3v) is 5.08. The minimum Gasteiger partial charge on any atom is -0.497 e. The van der Waals surface area contributed by atoms with E-state index in [1.54, 1.807) is 37.3 Å². The van der Waals surface area contributed by atoms with Crippen molar-refractivity contribution in [1.29, 1.82) is 5.26 Å². The summed E-state index contributed by atoms with van der Waals surface area (Å²) in [6, 6.07) is 7.59. The van der Waals surface area contributed by atoms with Crippen molar-refractivity contribution in [1.82, 2.24) is 9.47 Å². The summed E-state index contributed by atoms with van der Waals surface area (Å²) >= 11 is 0. The number of benzene rings is 1. The summed E-state index contributed by atoms with van der Waals surface area (Å²) in [6.45, 7) is 0.0661. The van der Waals surface area contributed by atoms with Crippen LogP contribution in [0.5, 0.6) is 11.5 Å². The molecule has 10 heteroatoms. The number of aromatic nitrogens is 1. The van der Waals surface area contributed by atoms with Crippen molar-refractivity contribution in [2.24, 2.45) is 0 Å². The summed E-state index contributed by atoms with van der Waals surface area (Å²) in [6.07, 6.45) is 2.44. The number of methoxy groups -OCH3 is 2. The predicted molar refractivity (Wildman–Crippen MR) is 105 cm³/mol. The number of amides is 1. The highest BCUT2D eigenvalue weighted by molar-refractivity contribution is 5.77. The molecule has 1 unspecified atom stereocenters. The molecule has 0 N–H and O–H groups in total. The van der Waals surface area contributed by atoms with Crippen LogP contribution in [0.1, 0.15) is 30.0 Å². The van der Waals surface area contributed by atoms with Gasteiger partial charge in [-0.3, -0.25) is 24.3 Å². The molecule has 1 saturated heterocycles. The number of rotatable bonds is 6. The van der Waals surface area contributed by atoms with Gasteiger partial charge >= 0.3 is 0 Å². The van der Waals surface area contributed by atoms with Crippen LogP contribution < -0.4 is 15.0 Å². The molecule has 0 spiro atoms. The van der Waals surface area contributed by atoms with E-state index in [2.05, 4.69) is 0 Å². The quantitative estimate of drug-likeness (QED) is 0.524. The van der Waals surface area contributed by atoms with Gasteiger partial charge in [0.25, 0.3) is 11.2 Å². The number of nitriles is 1. The predicted octanol–water partition coefficient (Wildman–Crippen LogP) is 2.01. The number of pyridine rings is 1. The Morgan fingerprint density at radius 2 is 2.10 bits per heavy atom. The summed E-state index contributed by atoms with van der Waals surface area (Å²) in [7, 11) is 3.09. The van der Waals surface area contributed by atoms with Crippen molar-refractivity contribution in [3.8, 4) is 17.6 Å². The van der Waals surface area contributed by atoms with E-state index in [-0.39, 0.29) is 17.5 Å². The summed E-state index contributed by atoms with van der Waals surface area (Å²) < 4.78 is 11.6. The lowest BCUT2D eigenvalue weighted by molar-refractivity contribution is -0.385. The number of nitro groups is 1. The van der Waals surface area contributed by atoms with Crippen molar-refractivity contribution in [2.75, 3.05) is 20.8 Å². The molecule has 0 saturated carbocycles. The van der Waals surface area contributed by atoms with Gasteiger partial charge in [0.2, 0.25) is 5.91 Å². The molecule has 2 aromatic rings. The Hall–Kier alpha value is -3.87. The first kappa shape index (κ1) is 20.9. The molecule has 3 rings (SSSR count). The van der Waals surface area contributed by atoms with E-state index in [0.717, 1.165) is 28.8 Å². The van der Waals surface area contributed by atoms with Crippen LogP contribution in [0.3, 0.4) is 0 Å². The van der Waals surface area contributed by atoms with Gasteiger partial charge in [-0.2, -0.15) is 5.26 Å². The number of carbonyl (C=O) groups is 1. The lowest BCUT2D eigenvalue weighted by atomic mass is 10.0. The monoisotopic (exact) mass is 412 g/mol. The molecule has 0 aliphatic carbocycles. The van der Waals surface area contributed by atoms with Crippen LogP contribution in [-0.4, -0.2) is 41.1 Å². The minimum atomic E-state index is -0.744. The maximum Gasteiger partial charge on any atom is 0.287 e. The first-order chi connectivity index (χ1) is 14.4. The highest BCUT2D eigenvalue weighted by atomic mass is 16.6. The summed E-state index contributed by atoms with van der Waals surface area (Å²) in [5, 5.41) is 20.2. The Labute approximate surface area is 172 Å². The zero-order valence-corrected chi connectivity index (χ0v) is 16.5. The number of carbonyl (C=O) groups excluding carboxylic acids is 1. The second-order valence-electron chi connectivity index (χ2n) is 6.77. The highest BCUT2D eigenvalue weighted by Gasteiger charge is 2.32. The SMILES string of the molecule is COc1ccc(OC)c(C2CCCN2C(=O)Cn2cc([N+](=O)[O-])cc(C#N)c2=O)c1. The molecular weight excluding hydrogens is 392 g/mol. The Morgan fingerprint density at radius 3 is 2.73 bits per heavy atom. The van der Waals surface area contributed by atoms with Gasteiger partial charge in [0, 0.05) is 18.2 Å². The molecular formula is C20H20N4O6. The second-order valence-corrected chi connectivity index (χ2v) is 6.77. The summed E-state index contributed by atoms with van der Waals surface area (Å²) in [4.78, 5) is 37.4. The van der Waals surface area contributed by atoms with Gasteiger partial charge in [0.15, 0.2) is 0 Å². The maximum absolute atomic E-state index is 13.0. The van der Waals surface area contributed by atoms with Crippen LogP contribution in [-0.2, 0) is 11.3 Å². The molecule has 0 radical (unpaired) electrons. The zero-order chi connectivity index (χ0) is 21.8. The Kier molecular flexibility index (Phi) is 6.01. The van der Waals surface area contributed by atoms with Crippen molar-refractivity contribution in [2.45, 2.75) is 25.4 Å². The third-order valence-electron chi connectivity index (χ3n) is 5.08. The maximum atomic E-state index is 13.0. The van der Waals surface area contributed by atoms with Gasteiger partial charge in [0.05, 0.1) is 31.4 Å². The van der Waals surface area contributed by atoms with E-state index in [1.807, 2.05) is 6.07 Å². The van der Waals surface area contributed by atoms with Crippen LogP contribution in [0.25, 0.3) is 0 Å². The molecule has 1 aromatic carbocycles. The van der Waals surface area contributed by atoms with Gasteiger partial charge in [-0.25, -0.2) is 0 Å². The van der Waals surface area contributed by atoms with Crippen molar-refractivity contribution >= 4 is 11.6 Å². The van der Waals surface area contributed by atoms with Gasteiger partial charge in [-0.1, -0.05) is 0 Å². The molecule has 1 amide bonds. The molecule has 1 fully saturated rings. The second kappa shape index (κ2) is 8.65. The summed E-state index contributed by atoms with van der Waals surface area (Å²) in [5.41, 5.74) is -0.770. The average molecular weight is 412 g/mol. The third kappa shape index (κ3) is 3.96. The van der Waals surface area contributed by atoms with Crippen LogP contribution >= 0.6 is 0 Å². The number of likely N-dealkylation sites (tertiary alicyclic amines) is 1. The first-order valence-corrected chi connectivity index (χ1v) is 9.20. The van der Waals surface area contributed by atoms with Crippen molar-refractivity contribution in [3.63, 3.8) is 0 Å². The summed E-state index contributed by atoms with van der Waals surface area (Å²) in [5.74, 6) is 0.854. The normalized spacial score (nSPS) is 15.5. The van der Waals surface area contributed by atoms with Crippen LogP contribution in [0.15, 0.2) is 35.3 Å². The number of hydrogen-bond donors (Lipinski definition) is 0. The molecule has 1 atom stereocenters. The minimum absolute atomic E-state index is 0.285. The Bertz CT molecular complexity index is 1090. The van der Waals surface area contributed by atoms with Crippen LogP contribution in [0.2, 0.25) is 0 Å². The van der Waals surface area contributed by atoms with E-state index >= 15 is 0 Å². The van der Waals surface area contributed by atoms with E-state index in [4.69, 9.17) is 14.7 Å². The fraction of sp³-hybridized carbons (Fsp3) is 0.350. The standard InChI is InChI=1S/C20H20N4O6/c1-29-15-5-6-18(30-2)16(9-15)17-4-3-7-23(17)19(25)12-22-11-14(24(27)28)8-13(10-21)20(22)26/h5-6,8-9,11,17H,3-4,7,12H2,1-2H3. The van der Waals surface area contributed by atoms with E-state index < -0.39 is 22.7 Å². The first-order valence-electron chi connectivity index (χ1n) is 9.20. The van der Waals surface area contributed by atoms with Crippen molar-refractivity contribution in [3.05, 3.63) is 62.1 Å². The molecule has 1 aliphatic rings. The van der Waals surface area contributed by atoms with Crippen molar-refractivity contribution < 1.29 is 19.2 Å². The molecule has 1 aromatic heterocycles.